The maximum Gasteiger partial charge on any atom is 0.291 e. The average molecular weight is 297 g/mol. The van der Waals surface area contributed by atoms with Crippen molar-refractivity contribution in [3.05, 3.63) is 54.3 Å². The van der Waals surface area contributed by atoms with Gasteiger partial charge in [-0.05, 0) is 24.3 Å². The molecular formula is C17H15NO4. The van der Waals surface area contributed by atoms with Gasteiger partial charge in [0.1, 0.15) is 5.58 Å². The maximum absolute atomic E-state index is 12.3. The number of para-hydroxylation sites is 1. The van der Waals surface area contributed by atoms with E-state index in [1.807, 2.05) is 24.3 Å². The monoisotopic (exact) mass is 297 g/mol. The lowest BCUT2D eigenvalue weighted by Gasteiger charge is -2.09. The lowest BCUT2D eigenvalue weighted by atomic mass is 10.2. The van der Waals surface area contributed by atoms with Crippen LogP contribution >= 0.6 is 0 Å². The Labute approximate surface area is 127 Å². The van der Waals surface area contributed by atoms with Crippen LogP contribution in [-0.4, -0.2) is 20.1 Å². The minimum atomic E-state index is -0.316. The standard InChI is InChI=1S/C17H15NO4/c1-20-14-8-7-12(10-15(14)21-2)18-17(19)16-9-11-5-3-4-6-13(11)22-16/h3-10H,1-2H3,(H,18,19). The first-order valence-corrected chi connectivity index (χ1v) is 6.73. The number of carbonyl (C=O) groups excluding carboxylic acids is 1. The Bertz CT molecular complexity index is 789. The van der Waals surface area contributed by atoms with Crippen LogP contribution in [0.15, 0.2) is 52.9 Å². The van der Waals surface area contributed by atoms with Crippen molar-refractivity contribution in [2.24, 2.45) is 0 Å². The summed E-state index contributed by atoms with van der Waals surface area (Å²) in [6.07, 6.45) is 0. The number of amides is 1. The zero-order valence-corrected chi connectivity index (χ0v) is 12.3. The molecule has 3 rings (SSSR count). The summed E-state index contributed by atoms with van der Waals surface area (Å²) in [6, 6.07) is 14.4. The second kappa shape index (κ2) is 5.81. The van der Waals surface area contributed by atoms with E-state index in [1.165, 1.54) is 0 Å². The first kappa shape index (κ1) is 14.0. The fourth-order valence-corrected chi connectivity index (χ4v) is 2.20. The third-order valence-electron chi connectivity index (χ3n) is 3.29. The normalized spacial score (nSPS) is 10.5. The lowest BCUT2D eigenvalue weighted by Crippen LogP contribution is -2.10. The summed E-state index contributed by atoms with van der Waals surface area (Å²) in [5.74, 6) is 1.09. The van der Waals surface area contributed by atoms with E-state index in [-0.39, 0.29) is 11.7 Å². The van der Waals surface area contributed by atoms with Gasteiger partial charge in [0, 0.05) is 17.1 Å². The molecule has 1 aromatic heterocycles. The third-order valence-corrected chi connectivity index (χ3v) is 3.29. The maximum atomic E-state index is 12.3. The number of fused-ring (bicyclic) bond motifs is 1. The van der Waals surface area contributed by atoms with Gasteiger partial charge in [0.05, 0.1) is 14.2 Å². The number of hydrogen-bond acceptors (Lipinski definition) is 4. The van der Waals surface area contributed by atoms with Crippen molar-refractivity contribution in [1.82, 2.24) is 0 Å². The van der Waals surface area contributed by atoms with Gasteiger partial charge in [-0.25, -0.2) is 0 Å². The second-order valence-electron chi connectivity index (χ2n) is 4.67. The highest BCUT2D eigenvalue weighted by atomic mass is 16.5. The summed E-state index contributed by atoms with van der Waals surface area (Å²) in [5.41, 5.74) is 1.28. The number of furan rings is 1. The van der Waals surface area contributed by atoms with E-state index in [0.29, 0.717) is 22.8 Å². The molecule has 0 aliphatic carbocycles. The van der Waals surface area contributed by atoms with E-state index in [1.54, 1.807) is 38.5 Å². The molecule has 0 atom stereocenters. The van der Waals surface area contributed by atoms with Gasteiger partial charge in [-0.2, -0.15) is 0 Å². The fraction of sp³-hybridized carbons (Fsp3) is 0.118. The van der Waals surface area contributed by atoms with Gasteiger partial charge >= 0.3 is 0 Å². The molecular weight excluding hydrogens is 282 g/mol. The summed E-state index contributed by atoms with van der Waals surface area (Å²) in [6.45, 7) is 0. The largest absolute Gasteiger partial charge is 0.493 e. The van der Waals surface area contributed by atoms with Crippen molar-refractivity contribution in [1.29, 1.82) is 0 Å². The zero-order chi connectivity index (χ0) is 15.5. The number of ether oxygens (including phenoxy) is 2. The summed E-state index contributed by atoms with van der Waals surface area (Å²) in [4.78, 5) is 12.3. The number of rotatable bonds is 4. The molecule has 112 valence electrons. The second-order valence-corrected chi connectivity index (χ2v) is 4.67. The highest BCUT2D eigenvalue weighted by Gasteiger charge is 2.13. The predicted octanol–water partition coefficient (Wildman–Crippen LogP) is 3.70. The summed E-state index contributed by atoms with van der Waals surface area (Å²) < 4.78 is 15.9. The highest BCUT2D eigenvalue weighted by molar-refractivity contribution is 6.04. The molecule has 0 bridgehead atoms. The van der Waals surface area contributed by atoms with E-state index in [4.69, 9.17) is 13.9 Å². The van der Waals surface area contributed by atoms with Crippen molar-refractivity contribution >= 4 is 22.6 Å². The van der Waals surface area contributed by atoms with Crippen molar-refractivity contribution in [3.63, 3.8) is 0 Å². The number of nitrogens with one attached hydrogen (secondary N) is 1. The number of carbonyl (C=O) groups is 1. The molecule has 2 aromatic carbocycles. The Morgan fingerprint density at radius 1 is 1.00 bits per heavy atom. The van der Waals surface area contributed by atoms with Gasteiger partial charge < -0.3 is 19.2 Å². The van der Waals surface area contributed by atoms with Crippen LogP contribution in [0.5, 0.6) is 11.5 Å². The topological polar surface area (TPSA) is 60.7 Å². The quantitative estimate of drug-likeness (QED) is 0.797. The average Bonchev–Trinajstić information content (AvgIpc) is 2.99. The first-order valence-electron chi connectivity index (χ1n) is 6.73. The summed E-state index contributed by atoms with van der Waals surface area (Å²) in [7, 11) is 3.10. The Hall–Kier alpha value is -2.95. The van der Waals surface area contributed by atoms with Crippen LogP contribution in [-0.2, 0) is 0 Å². The number of methoxy groups -OCH3 is 2. The van der Waals surface area contributed by atoms with Crippen LogP contribution in [0.3, 0.4) is 0 Å². The Morgan fingerprint density at radius 2 is 1.77 bits per heavy atom. The third kappa shape index (κ3) is 2.61. The molecule has 1 N–H and O–H groups in total. The molecule has 0 unspecified atom stereocenters. The summed E-state index contributed by atoms with van der Waals surface area (Å²) >= 11 is 0. The molecule has 1 amide bonds. The number of benzene rings is 2. The molecule has 5 heteroatoms. The molecule has 0 saturated carbocycles. The van der Waals surface area contributed by atoms with Crippen molar-refractivity contribution in [3.8, 4) is 11.5 Å². The van der Waals surface area contributed by atoms with Crippen LogP contribution in [0.4, 0.5) is 5.69 Å². The SMILES string of the molecule is COc1ccc(NC(=O)c2cc3ccccc3o2)cc1OC. The Kier molecular flexibility index (Phi) is 3.70. The molecule has 5 nitrogen and oxygen atoms in total. The fourth-order valence-electron chi connectivity index (χ4n) is 2.20. The molecule has 1 heterocycles. The highest BCUT2D eigenvalue weighted by Crippen LogP contribution is 2.30. The minimum absolute atomic E-state index is 0.260. The van der Waals surface area contributed by atoms with E-state index in [0.717, 1.165) is 5.39 Å². The molecule has 0 aliphatic rings. The van der Waals surface area contributed by atoms with E-state index in [2.05, 4.69) is 5.32 Å². The molecule has 22 heavy (non-hydrogen) atoms. The minimum Gasteiger partial charge on any atom is -0.493 e. The van der Waals surface area contributed by atoms with Crippen LogP contribution in [0, 0.1) is 0 Å². The Balaban J connectivity index is 1.84. The number of hydrogen-bond donors (Lipinski definition) is 1. The van der Waals surface area contributed by atoms with Crippen LogP contribution < -0.4 is 14.8 Å². The predicted molar refractivity (Wildman–Crippen MR) is 83.7 cm³/mol. The van der Waals surface area contributed by atoms with Gasteiger partial charge in [0.2, 0.25) is 0 Å². The first-order chi connectivity index (χ1) is 10.7. The molecule has 0 saturated heterocycles. The Morgan fingerprint density at radius 3 is 2.50 bits per heavy atom. The van der Waals surface area contributed by atoms with Crippen LogP contribution in [0.2, 0.25) is 0 Å². The van der Waals surface area contributed by atoms with Gasteiger partial charge in [0.25, 0.3) is 5.91 Å². The number of anilines is 1. The van der Waals surface area contributed by atoms with Crippen LogP contribution in [0.25, 0.3) is 11.0 Å². The van der Waals surface area contributed by atoms with Gasteiger partial charge in [0.15, 0.2) is 17.3 Å². The van der Waals surface area contributed by atoms with E-state index < -0.39 is 0 Å². The van der Waals surface area contributed by atoms with Crippen LogP contribution in [0.1, 0.15) is 10.6 Å². The lowest BCUT2D eigenvalue weighted by molar-refractivity contribution is 0.0998. The molecule has 3 aromatic rings. The van der Waals surface area contributed by atoms with Gasteiger partial charge in [-0.1, -0.05) is 18.2 Å². The van der Waals surface area contributed by atoms with Gasteiger partial charge in [-0.15, -0.1) is 0 Å². The van der Waals surface area contributed by atoms with E-state index >= 15 is 0 Å². The molecule has 0 spiro atoms. The van der Waals surface area contributed by atoms with Crippen molar-refractivity contribution in [2.45, 2.75) is 0 Å². The van der Waals surface area contributed by atoms with Gasteiger partial charge in [-0.3, -0.25) is 4.79 Å². The van der Waals surface area contributed by atoms with Crippen molar-refractivity contribution < 1.29 is 18.7 Å². The smallest absolute Gasteiger partial charge is 0.291 e. The zero-order valence-electron chi connectivity index (χ0n) is 12.3. The van der Waals surface area contributed by atoms with E-state index in [9.17, 15) is 4.79 Å². The molecule has 0 aliphatic heterocycles. The molecule has 0 radical (unpaired) electrons. The van der Waals surface area contributed by atoms with Crippen molar-refractivity contribution in [2.75, 3.05) is 19.5 Å². The molecule has 0 fully saturated rings. The summed E-state index contributed by atoms with van der Waals surface area (Å²) in [5, 5.41) is 3.67.